The van der Waals surface area contributed by atoms with Crippen LogP contribution in [-0.2, 0) is 32.6 Å². The molecule has 202 valence electrons. The number of nitrogens with zero attached hydrogens (tertiary/aromatic N) is 2. The lowest BCUT2D eigenvalue weighted by molar-refractivity contribution is -0.141. The van der Waals surface area contributed by atoms with E-state index >= 15 is 0 Å². The summed E-state index contributed by atoms with van der Waals surface area (Å²) in [5.74, 6) is -0.639. The van der Waals surface area contributed by atoms with E-state index in [2.05, 4.69) is 5.32 Å². The minimum Gasteiger partial charge on any atom is -0.357 e. The first-order chi connectivity index (χ1) is 18.1. The Labute approximate surface area is 234 Å². The number of amides is 2. The molecule has 0 fully saturated rings. The van der Waals surface area contributed by atoms with Gasteiger partial charge in [0.15, 0.2) is 0 Å². The molecule has 2 amide bonds. The van der Waals surface area contributed by atoms with Gasteiger partial charge in [0.25, 0.3) is 0 Å². The third-order valence-corrected chi connectivity index (χ3v) is 8.01. The van der Waals surface area contributed by atoms with Crippen LogP contribution in [0.5, 0.6) is 0 Å². The lowest BCUT2D eigenvalue weighted by Crippen LogP contribution is -2.50. The predicted molar refractivity (Wildman–Crippen MR) is 153 cm³/mol. The van der Waals surface area contributed by atoms with Crippen LogP contribution in [0.25, 0.3) is 0 Å². The standard InChI is InChI=1S/C28H31Cl2N3O4S/c1-31-28(35)26(19-21-11-5-3-6-12-21)32(20-23-24(29)15-9-16-25(23)30)27(34)17-10-18-33(38(2,36)37)22-13-7-4-8-14-22/h3-9,11-16,26H,10,17-20H2,1-2H3,(H,31,35). The second-order valence-electron chi connectivity index (χ2n) is 8.82. The largest absolute Gasteiger partial charge is 0.357 e. The van der Waals surface area contributed by atoms with E-state index in [-0.39, 0.29) is 44.2 Å². The topological polar surface area (TPSA) is 86.8 Å². The van der Waals surface area contributed by atoms with Crippen molar-refractivity contribution >= 4 is 50.7 Å². The van der Waals surface area contributed by atoms with E-state index in [1.165, 1.54) is 16.3 Å². The Morgan fingerprint density at radius 3 is 2.03 bits per heavy atom. The van der Waals surface area contributed by atoms with Gasteiger partial charge in [-0.2, -0.15) is 0 Å². The Bertz CT molecular complexity index is 1320. The number of carbonyl (C=O) groups excluding carboxylic acids is 2. The van der Waals surface area contributed by atoms with E-state index in [0.29, 0.717) is 21.3 Å². The number of nitrogens with one attached hydrogen (secondary N) is 1. The molecule has 0 bridgehead atoms. The number of halogens is 2. The lowest BCUT2D eigenvalue weighted by atomic mass is 10.0. The van der Waals surface area contributed by atoms with Crippen molar-refractivity contribution in [1.29, 1.82) is 0 Å². The summed E-state index contributed by atoms with van der Waals surface area (Å²) in [6.07, 6.45) is 1.69. The molecule has 0 heterocycles. The van der Waals surface area contributed by atoms with Crippen molar-refractivity contribution in [1.82, 2.24) is 10.2 Å². The lowest BCUT2D eigenvalue weighted by Gasteiger charge is -2.32. The van der Waals surface area contributed by atoms with Gasteiger partial charge in [0.05, 0.1) is 11.9 Å². The molecule has 0 aliphatic rings. The van der Waals surface area contributed by atoms with Gasteiger partial charge in [-0.3, -0.25) is 13.9 Å². The third-order valence-electron chi connectivity index (χ3n) is 6.10. The highest BCUT2D eigenvalue weighted by molar-refractivity contribution is 7.92. The quantitative estimate of drug-likeness (QED) is 0.332. The summed E-state index contributed by atoms with van der Waals surface area (Å²) in [4.78, 5) is 28.2. The number of hydrogen-bond acceptors (Lipinski definition) is 4. The second kappa shape index (κ2) is 13.6. The highest BCUT2D eigenvalue weighted by Crippen LogP contribution is 2.28. The van der Waals surface area contributed by atoms with Crippen LogP contribution in [0, 0.1) is 0 Å². The molecule has 0 aromatic heterocycles. The maximum Gasteiger partial charge on any atom is 0.242 e. The zero-order valence-corrected chi connectivity index (χ0v) is 23.6. The fourth-order valence-corrected chi connectivity index (χ4v) is 5.65. The van der Waals surface area contributed by atoms with Crippen LogP contribution < -0.4 is 9.62 Å². The molecule has 0 spiro atoms. The van der Waals surface area contributed by atoms with E-state index in [1.54, 1.807) is 48.5 Å². The summed E-state index contributed by atoms with van der Waals surface area (Å²) >= 11 is 12.8. The number of rotatable bonds is 12. The number of para-hydroxylation sites is 1. The van der Waals surface area contributed by atoms with Crippen LogP contribution in [0.1, 0.15) is 24.0 Å². The maximum atomic E-state index is 13.7. The normalized spacial score (nSPS) is 12.0. The second-order valence-corrected chi connectivity index (χ2v) is 11.5. The summed E-state index contributed by atoms with van der Waals surface area (Å²) < 4.78 is 26.2. The van der Waals surface area contributed by atoms with Crippen LogP contribution in [-0.4, -0.2) is 51.0 Å². The van der Waals surface area contributed by atoms with E-state index in [1.807, 2.05) is 30.3 Å². The van der Waals surface area contributed by atoms with Crippen molar-refractivity contribution in [3.8, 4) is 0 Å². The minimum atomic E-state index is -3.56. The van der Waals surface area contributed by atoms with Gasteiger partial charge in [-0.15, -0.1) is 0 Å². The number of anilines is 1. The van der Waals surface area contributed by atoms with E-state index in [0.717, 1.165) is 11.8 Å². The van der Waals surface area contributed by atoms with Crippen molar-refractivity contribution < 1.29 is 18.0 Å². The van der Waals surface area contributed by atoms with Crippen molar-refractivity contribution in [2.45, 2.75) is 31.8 Å². The van der Waals surface area contributed by atoms with Gasteiger partial charge in [-0.05, 0) is 36.2 Å². The first-order valence-electron chi connectivity index (χ1n) is 12.1. The Balaban J connectivity index is 1.88. The fraction of sp³-hybridized carbons (Fsp3) is 0.286. The molecule has 3 aromatic rings. The molecule has 0 saturated carbocycles. The third kappa shape index (κ3) is 7.96. The van der Waals surface area contributed by atoms with Gasteiger partial charge in [-0.1, -0.05) is 77.8 Å². The van der Waals surface area contributed by atoms with Crippen LogP contribution in [0.4, 0.5) is 5.69 Å². The summed E-state index contributed by atoms with van der Waals surface area (Å²) in [7, 11) is -2.04. The zero-order chi connectivity index (χ0) is 27.7. The van der Waals surface area contributed by atoms with E-state index in [9.17, 15) is 18.0 Å². The summed E-state index contributed by atoms with van der Waals surface area (Å²) in [6, 6.07) is 22.4. The number of hydrogen-bond donors (Lipinski definition) is 1. The van der Waals surface area contributed by atoms with Gasteiger partial charge in [0, 0.05) is 48.6 Å². The minimum absolute atomic E-state index is 0.0171. The Morgan fingerprint density at radius 2 is 1.47 bits per heavy atom. The molecule has 0 saturated heterocycles. The van der Waals surface area contributed by atoms with Crippen LogP contribution >= 0.6 is 23.2 Å². The van der Waals surface area contributed by atoms with Gasteiger partial charge < -0.3 is 10.2 Å². The Hall–Kier alpha value is -3.07. The fourth-order valence-electron chi connectivity index (χ4n) is 4.17. The maximum absolute atomic E-state index is 13.7. The molecule has 0 radical (unpaired) electrons. The summed E-state index contributed by atoms with van der Waals surface area (Å²) in [5.41, 5.74) is 1.94. The van der Waals surface area contributed by atoms with Gasteiger partial charge in [-0.25, -0.2) is 8.42 Å². The molecule has 3 aromatic carbocycles. The molecule has 1 N–H and O–H groups in total. The summed E-state index contributed by atoms with van der Waals surface area (Å²) in [6.45, 7) is 0.134. The molecular weight excluding hydrogens is 545 g/mol. The average Bonchev–Trinajstić information content (AvgIpc) is 2.90. The molecule has 1 unspecified atom stereocenters. The molecule has 10 heteroatoms. The zero-order valence-electron chi connectivity index (χ0n) is 21.3. The summed E-state index contributed by atoms with van der Waals surface area (Å²) in [5, 5.41) is 3.44. The smallest absolute Gasteiger partial charge is 0.242 e. The van der Waals surface area contributed by atoms with E-state index in [4.69, 9.17) is 23.2 Å². The van der Waals surface area contributed by atoms with Crippen LogP contribution in [0.15, 0.2) is 78.9 Å². The molecular formula is C28H31Cl2N3O4S. The first kappa shape index (κ1) is 29.5. The average molecular weight is 577 g/mol. The van der Waals surface area contributed by atoms with Crippen LogP contribution in [0.2, 0.25) is 10.0 Å². The van der Waals surface area contributed by atoms with Gasteiger partial charge >= 0.3 is 0 Å². The number of benzene rings is 3. The van der Waals surface area contributed by atoms with Crippen molar-refractivity contribution in [3.05, 3.63) is 100 Å². The molecule has 3 rings (SSSR count). The first-order valence-corrected chi connectivity index (χ1v) is 14.7. The van der Waals surface area contributed by atoms with Gasteiger partial charge in [0.2, 0.25) is 21.8 Å². The predicted octanol–water partition coefficient (Wildman–Crippen LogP) is 4.93. The molecule has 0 aliphatic heterocycles. The van der Waals surface area contributed by atoms with Crippen LogP contribution in [0.3, 0.4) is 0 Å². The highest BCUT2D eigenvalue weighted by atomic mass is 35.5. The van der Waals surface area contributed by atoms with Crippen molar-refractivity contribution in [2.75, 3.05) is 24.2 Å². The molecule has 7 nitrogen and oxygen atoms in total. The Kier molecular flexibility index (Phi) is 10.6. The van der Waals surface area contributed by atoms with Gasteiger partial charge in [0.1, 0.15) is 6.04 Å². The van der Waals surface area contributed by atoms with Crippen molar-refractivity contribution in [3.63, 3.8) is 0 Å². The number of likely N-dealkylation sites (N-methyl/N-ethyl adjacent to an activating group) is 1. The number of sulfonamides is 1. The van der Waals surface area contributed by atoms with E-state index < -0.39 is 16.1 Å². The highest BCUT2D eigenvalue weighted by Gasteiger charge is 2.31. The Morgan fingerprint density at radius 1 is 0.895 bits per heavy atom. The molecule has 1 atom stereocenters. The van der Waals surface area contributed by atoms with Crippen molar-refractivity contribution in [2.24, 2.45) is 0 Å². The monoisotopic (exact) mass is 575 g/mol. The molecule has 38 heavy (non-hydrogen) atoms. The molecule has 0 aliphatic carbocycles. The SMILES string of the molecule is CNC(=O)C(Cc1ccccc1)N(Cc1c(Cl)cccc1Cl)C(=O)CCCN(c1ccccc1)S(C)(=O)=O. The number of carbonyl (C=O) groups is 2.